The van der Waals surface area contributed by atoms with Crippen molar-refractivity contribution in [3.8, 4) is 0 Å². The van der Waals surface area contributed by atoms with Gasteiger partial charge in [-0.15, -0.1) is 0 Å². The number of allylic oxidation sites excluding steroid dienone is 4. The number of hydrogen-bond donors (Lipinski definition) is 1. The number of halogens is 2. The Morgan fingerprint density at radius 2 is 1.90 bits per heavy atom. The smallest absolute Gasteiger partial charge is 1.00 e. The van der Waals surface area contributed by atoms with Crippen molar-refractivity contribution in [2.75, 3.05) is 0 Å². The third-order valence-corrected chi connectivity index (χ3v) is 7.72. The first-order chi connectivity index (χ1) is 8.74. The maximum absolute atomic E-state index is 3.59. The predicted molar refractivity (Wildman–Crippen MR) is 77.6 cm³/mol. The van der Waals surface area contributed by atoms with E-state index >= 15 is 0 Å². The summed E-state index contributed by atoms with van der Waals surface area (Å²) in [5.74, 6) is 0. The zero-order valence-corrected chi connectivity index (χ0v) is 15.8. The molecule has 2 aromatic rings. The summed E-state index contributed by atoms with van der Waals surface area (Å²) in [6, 6.07) is 10.9. The Hall–Kier alpha value is -0.249. The van der Waals surface area contributed by atoms with E-state index in [1.54, 1.807) is 9.07 Å². The van der Waals surface area contributed by atoms with Gasteiger partial charge in [0.15, 0.2) is 0 Å². The standard InChI is InChI=1S/C8H6N.C7H11Si.2ClH.Ti/c1-2-4-8-7(3-1)5-6-9-8;1-8(2)7-5-3-4-6-7;;;/h1-5,9H;3,5,8H,4H2,1-2H3;2*1H;/q;;;;+2/p-2. The summed E-state index contributed by atoms with van der Waals surface area (Å²) in [5.41, 5.74) is 1.28. The van der Waals surface area contributed by atoms with Crippen LogP contribution in [0.5, 0.6) is 0 Å². The number of fused-ring (bicyclic) bond motifs is 1. The average Bonchev–Trinajstić information content (AvgIpc) is 2.94. The van der Waals surface area contributed by atoms with Crippen molar-refractivity contribution < 1.29 is 44.0 Å². The van der Waals surface area contributed by atoms with Crippen LogP contribution in [0.4, 0.5) is 0 Å². The quantitative estimate of drug-likeness (QED) is 0.568. The Morgan fingerprint density at radius 1 is 1.15 bits per heavy atom. The van der Waals surface area contributed by atoms with Crippen LogP contribution in [0.15, 0.2) is 51.6 Å². The molecule has 0 radical (unpaired) electrons. The van der Waals surface area contributed by atoms with E-state index in [0.717, 1.165) is 0 Å². The van der Waals surface area contributed by atoms with E-state index in [0.29, 0.717) is 0 Å². The first-order valence-corrected chi connectivity index (χ1v) is 10.9. The summed E-state index contributed by atoms with van der Waals surface area (Å²) in [5, 5.41) is 3.07. The summed E-state index contributed by atoms with van der Waals surface area (Å²) in [6.45, 7) is 4.87. The van der Waals surface area contributed by atoms with Crippen molar-refractivity contribution in [3.63, 3.8) is 0 Å². The van der Waals surface area contributed by atoms with Crippen LogP contribution >= 0.6 is 0 Å². The molecule has 1 aliphatic rings. The van der Waals surface area contributed by atoms with Gasteiger partial charge in [-0.25, -0.2) is 0 Å². The van der Waals surface area contributed by atoms with E-state index in [4.69, 9.17) is 0 Å². The van der Waals surface area contributed by atoms with Crippen LogP contribution in [0, 0.1) is 0 Å². The molecule has 1 N–H and O–H groups in total. The summed E-state index contributed by atoms with van der Waals surface area (Å²) >= 11 is -0.151. The number of hydrogen-bond acceptors (Lipinski definition) is 0. The monoisotopic (exact) mass is 357 g/mol. The SMILES string of the molecule is C[SiH](C)C1=[C]([Ti+2][c]2cc3ccccc3[nH]2)CC=C1.[Cl-].[Cl-]. The molecule has 3 rings (SSSR count). The van der Waals surface area contributed by atoms with E-state index in [2.05, 4.69) is 60.6 Å². The van der Waals surface area contributed by atoms with Crippen LogP contribution in [0.1, 0.15) is 6.42 Å². The molecule has 0 aliphatic heterocycles. The molecule has 0 bridgehead atoms. The third kappa shape index (κ3) is 3.69. The van der Waals surface area contributed by atoms with Crippen molar-refractivity contribution in [2.45, 2.75) is 19.5 Å². The minimum absolute atomic E-state index is 0. The third-order valence-electron chi connectivity index (χ3n) is 3.41. The van der Waals surface area contributed by atoms with Gasteiger partial charge >= 0.3 is 119 Å². The van der Waals surface area contributed by atoms with Gasteiger partial charge in [0.25, 0.3) is 0 Å². The fourth-order valence-electron chi connectivity index (χ4n) is 2.49. The molecule has 1 aliphatic carbocycles. The number of rotatable bonds is 3. The Labute approximate surface area is 143 Å². The van der Waals surface area contributed by atoms with Crippen molar-refractivity contribution in [1.82, 2.24) is 4.98 Å². The molecule has 1 heterocycles. The van der Waals surface area contributed by atoms with Crippen molar-refractivity contribution >= 4 is 23.7 Å². The molecule has 0 amide bonds. The second-order valence-electron chi connectivity index (χ2n) is 5.09. The van der Waals surface area contributed by atoms with Crippen molar-refractivity contribution in [3.05, 3.63) is 51.6 Å². The minimum atomic E-state index is -0.648. The van der Waals surface area contributed by atoms with Gasteiger partial charge in [-0.1, -0.05) is 0 Å². The predicted octanol–water partition coefficient (Wildman–Crippen LogP) is -2.88. The minimum Gasteiger partial charge on any atom is -1.00 e. The van der Waals surface area contributed by atoms with E-state index in [9.17, 15) is 0 Å². The van der Waals surface area contributed by atoms with Gasteiger partial charge in [0.05, 0.1) is 0 Å². The molecular weight excluding hydrogens is 341 g/mol. The molecule has 0 saturated heterocycles. The Bertz CT molecular complexity index is 613. The van der Waals surface area contributed by atoms with Crippen LogP contribution in [0.3, 0.4) is 0 Å². The first kappa shape index (κ1) is 17.8. The Balaban J connectivity index is 0.000001000. The van der Waals surface area contributed by atoms with Crippen molar-refractivity contribution in [1.29, 1.82) is 0 Å². The molecule has 0 saturated carbocycles. The number of para-hydroxylation sites is 1. The number of benzene rings is 1. The molecule has 0 atom stereocenters. The molecule has 5 heteroatoms. The molecule has 104 valence electrons. The van der Waals surface area contributed by atoms with Gasteiger partial charge in [0, 0.05) is 0 Å². The fraction of sp³-hybridized carbons (Fsp3) is 0.200. The summed E-state index contributed by atoms with van der Waals surface area (Å²) in [6.07, 6.45) is 5.94. The summed E-state index contributed by atoms with van der Waals surface area (Å²) in [4.78, 5) is 3.59. The Morgan fingerprint density at radius 3 is 2.60 bits per heavy atom. The maximum atomic E-state index is 3.59. The van der Waals surface area contributed by atoms with Gasteiger partial charge in [0.2, 0.25) is 0 Å². The van der Waals surface area contributed by atoms with Gasteiger partial charge < -0.3 is 24.8 Å². The number of aromatic nitrogens is 1. The van der Waals surface area contributed by atoms with E-state index < -0.39 is 8.80 Å². The number of H-pyrrole nitrogens is 1. The zero-order valence-electron chi connectivity index (χ0n) is 11.6. The second kappa shape index (κ2) is 7.67. The Kier molecular flexibility index (Phi) is 6.83. The first-order valence-electron chi connectivity index (χ1n) is 6.48. The molecule has 1 nitrogen and oxygen atoms in total. The molecule has 20 heavy (non-hydrogen) atoms. The zero-order chi connectivity index (χ0) is 12.5. The van der Waals surface area contributed by atoms with E-state index in [1.165, 1.54) is 21.3 Å². The average molecular weight is 358 g/mol. The molecule has 0 unspecified atom stereocenters. The van der Waals surface area contributed by atoms with Crippen LogP contribution in [0.2, 0.25) is 13.1 Å². The van der Waals surface area contributed by atoms with Crippen LogP contribution < -0.4 is 28.8 Å². The summed E-state index contributed by atoms with van der Waals surface area (Å²) < 4.78 is 3.23. The number of aromatic amines is 1. The molecule has 1 aromatic heterocycles. The van der Waals surface area contributed by atoms with E-state index in [-0.39, 0.29) is 44.0 Å². The largest absolute Gasteiger partial charge is 1.00 e. The van der Waals surface area contributed by atoms with Gasteiger partial charge in [-0.3, -0.25) is 0 Å². The molecule has 0 spiro atoms. The van der Waals surface area contributed by atoms with Gasteiger partial charge in [-0.05, 0) is 0 Å². The van der Waals surface area contributed by atoms with Crippen LogP contribution in [-0.4, -0.2) is 13.8 Å². The van der Waals surface area contributed by atoms with E-state index in [1.807, 2.05) is 0 Å². The number of nitrogens with one attached hydrogen (secondary N) is 1. The molecule has 1 aromatic carbocycles. The molecule has 0 fully saturated rings. The summed E-state index contributed by atoms with van der Waals surface area (Å²) in [7, 11) is -0.648. The second-order valence-corrected chi connectivity index (χ2v) is 10.2. The van der Waals surface area contributed by atoms with Crippen LogP contribution in [-0.2, 0) is 19.2 Å². The van der Waals surface area contributed by atoms with Gasteiger partial charge in [-0.2, -0.15) is 0 Å². The maximum Gasteiger partial charge on any atom is -1.00 e. The van der Waals surface area contributed by atoms with Crippen LogP contribution in [0.25, 0.3) is 10.9 Å². The van der Waals surface area contributed by atoms with Crippen molar-refractivity contribution in [2.24, 2.45) is 0 Å². The normalized spacial score (nSPS) is 13.3. The van der Waals surface area contributed by atoms with Gasteiger partial charge in [0.1, 0.15) is 0 Å². The fourth-order valence-corrected chi connectivity index (χ4v) is 7.35. The topological polar surface area (TPSA) is 15.8 Å². The molecular formula is C15H17Cl2NSiTi.